The van der Waals surface area contributed by atoms with Gasteiger partial charge in [-0.05, 0) is 60.9 Å². The maximum absolute atomic E-state index is 9.96. The van der Waals surface area contributed by atoms with Gasteiger partial charge in [-0.1, -0.05) is 96.1 Å². The molecular formula is C35H49N2OSi+. The molecule has 2 aromatic rings. The monoisotopic (exact) mass is 541 g/mol. The molecule has 3 nitrogen and oxygen atoms in total. The number of aliphatic hydroxyl groups excluding tert-OH is 1. The van der Waals surface area contributed by atoms with Crippen molar-refractivity contribution in [2.75, 3.05) is 0 Å². The normalized spacial score (nSPS) is 28.2. The van der Waals surface area contributed by atoms with Crippen molar-refractivity contribution in [1.82, 2.24) is 5.32 Å². The molecule has 0 spiro atoms. The number of benzene rings is 1. The highest BCUT2D eigenvalue weighted by atomic mass is 28.3. The molecule has 0 amide bonds. The van der Waals surface area contributed by atoms with Crippen LogP contribution in [-0.2, 0) is 6.42 Å². The summed E-state index contributed by atoms with van der Waals surface area (Å²) in [5.41, 5.74) is 5.74. The lowest BCUT2D eigenvalue weighted by molar-refractivity contribution is -0.706. The lowest BCUT2D eigenvalue weighted by Gasteiger charge is -2.37. The second-order valence-corrected chi connectivity index (χ2v) is 18.9. The molecule has 2 aliphatic carbocycles. The molecule has 1 aliphatic heterocycles. The number of pyridine rings is 1. The zero-order valence-electron chi connectivity index (χ0n) is 24.8. The third-order valence-corrected chi connectivity index (χ3v) is 12.0. The fraction of sp³-hybridized carbons (Fsp3) is 0.514. The van der Waals surface area contributed by atoms with Crippen molar-refractivity contribution in [3.05, 3.63) is 84.9 Å². The van der Waals surface area contributed by atoms with E-state index in [4.69, 9.17) is 0 Å². The van der Waals surface area contributed by atoms with E-state index in [0.717, 1.165) is 18.8 Å². The predicted molar refractivity (Wildman–Crippen MR) is 167 cm³/mol. The molecule has 208 valence electrons. The molecule has 0 radical (unpaired) electrons. The Morgan fingerprint density at radius 3 is 2.59 bits per heavy atom. The van der Waals surface area contributed by atoms with Gasteiger partial charge in [-0.3, -0.25) is 0 Å². The number of aromatic nitrogens is 1. The number of allylic oxidation sites excluding steroid dienone is 1. The van der Waals surface area contributed by atoms with Crippen LogP contribution in [0.3, 0.4) is 0 Å². The van der Waals surface area contributed by atoms with E-state index < -0.39 is 8.07 Å². The van der Waals surface area contributed by atoms with Gasteiger partial charge in [-0.2, -0.15) is 4.57 Å². The Kier molecular flexibility index (Phi) is 7.71. The van der Waals surface area contributed by atoms with E-state index >= 15 is 0 Å². The van der Waals surface area contributed by atoms with Crippen LogP contribution < -0.4 is 15.1 Å². The number of hydrogen-bond acceptors (Lipinski definition) is 2. The summed E-state index contributed by atoms with van der Waals surface area (Å²) in [5, 5.41) is 14.8. The number of nitrogens with one attached hydrogen (secondary N) is 1. The van der Waals surface area contributed by atoms with Gasteiger partial charge in [0.25, 0.3) is 0 Å². The summed E-state index contributed by atoms with van der Waals surface area (Å²) in [6.07, 6.45) is 18.2. The number of hydrogen-bond donors (Lipinski definition) is 2. The average Bonchev–Trinajstić information content (AvgIpc) is 3.50. The van der Waals surface area contributed by atoms with Crippen molar-refractivity contribution in [2.45, 2.75) is 96.4 Å². The molecule has 1 saturated carbocycles. The molecule has 5 rings (SSSR count). The maximum Gasteiger partial charge on any atom is 0.213 e. The van der Waals surface area contributed by atoms with Crippen molar-refractivity contribution >= 4 is 13.3 Å². The van der Waals surface area contributed by atoms with E-state index in [1.54, 1.807) is 10.8 Å². The first-order valence-electron chi connectivity index (χ1n) is 15.2. The predicted octanol–water partition coefficient (Wildman–Crippen LogP) is 7.72. The van der Waals surface area contributed by atoms with Gasteiger partial charge in [0.2, 0.25) is 5.69 Å². The lowest BCUT2D eigenvalue weighted by atomic mass is 9.73. The van der Waals surface area contributed by atoms with Crippen molar-refractivity contribution < 1.29 is 9.67 Å². The van der Waals surface area contributed by atoms with Crippen molar-refractivity contribution in [3.63, 3.8) is 0 Å². The zero-order valence-corrected chi connectivity index (χ0v) is 25.8. The standard InChI is InChI=1S/C35H48N2OSi/c1-8-31-30(18-20-35(4)19-17-24(2)34(35)36-25(3)38)28-15-11-12-16-29(28)32-22-27(21-26-13-9-10-14-26)33(23-37(31)32)39(5,6)7/h8,11-12,15-17,19,22-24,26,30-31,34,36H,1,3,9-10,13-14,18,20-21H2,2,4-7H3/p+1. The summed E-state index contributed by atoms with van der Waals surface area (Å²) in [5.74, 6) is 1.60. The van der Waals surface area contributed by atoms with Gasteiger partial charge in [0.1, 0.15) is 0 Å². The quantitative estimate of drug-likeness (QED) is 0.148. The van der Waals surface area contributed by atoms with Crippen molar-refractivity contribution in [2.24, 2.45) is 17.3 Å². The summed E-state index contributed by atoms with van der Waals surface area (Å²) < 4.78 is 2.58. The highest BCUT2D eigenvalue weighted by molar-refractivity contribution is 6.89. The van der Waals surface area contributed by atoms with Crippen LogP contribution in [0.5, 0.6) is 0 Å². The van der Waals surface area contributed by atoms with Gasteiger partial charge in [0.15, 0.2) is 18.1 Å². The molecule has 0 bridgehead atoms. The molecule has 3 aliphatic rings. The lowest BCUT2D eigenvalue weighted by Crippen LogP contribution is -2.53. The summed E-state index contributed by atoms with van der Waals surface area (Å²) in [4.78, 5) is 0. The van der Waals surface area contributed by atoms with Crippen LogP contribution in [0, 0.1) is 17.3 Å². The molecule has 1 fully saturated rings. The Labute approximate surface area is 237 Å². The summed E-state index contributed by atoms with van der Waals surface area (Å²) in [6, 6.07) is 12.0. The van der Waals surface area contributed by atoms with Crippen molar-refractivity contribution in [3.8, 4) is 11.3 Å². The molecule has 1 aromatic heterocycles. The number of fused-ring (bicyclic) bond motifs is 3. The topological polar surface area (TPSA) is 36.1 Å². The van der Waals surface area contributed by atoms with E-state index in [1.165, 1.54) is 48.9 Å². The van der Waals surface area contributed by atoms with Crippen LogP contribution >= 0.6 is 0 Å². The van der Waals surface area contributed by atoms with Gasteiger partial charge in [-0.15, -0.1) is 0 Å². The van der Waals surface area contributed by atoms with E-state index in [9.17, 15) is 5.11 Å². The minimum Gasteiger partial charge on any atom is -0.495 e. The Balaban J connectivity index is 1.54. The van der Waals surface area contributed by atoms with Crippen LogP contribution in [0.25, 0.3) is 11.3 Å². The van der Waals surface area contributed by atoms with Gasteiger partial charge in [0, 0.05) is 28.3 Å². The first-order chi connectivity index (χ1) is 18.5. The molecule has 4 heteroatoms. The third-order valence-electron chi connectivity index (χ3n) is 9.94. The molecule has 2 N–H and O–H groups in total. The van der Waals surface area contributed by atoms with E-state index in [0.29, 0.717) is 11.8 Å². The highest BCUT2D eigenvalue weighted by Gasteiger charge is 2.44. The second kappa shape index (κ2) is 10.8. The summed E-state index contributed by atoms with van der Waals surface area (Å²) in [7, 11) is -1.55. The Hall–Kier alpha value is -2.59. The highest BCUT2D eigenvalue weighted by Crippen LogP contribution is 2.46. The first kappa shape index (κ1) is 28.0. The van der Waals surface area contributed by atoms with Gasteiger partial charge in [-0.25, -0.2) is 0 Å². The fourth-order valence-corrected chi connectivity index (χ4v) is 9.51. The maximum atomic E-state index is 9.96. The summed E-state index contributed by atoms with van der Waals surface area (Å²) >= 11 is 0. The van der Waals surface area contributed by atoms with Crippen molar-refractivity contribution in [1.29, 1.82) is 0 Å². The zero-order chi connectivity index (χ0) is 27.9. The van der Waals surface area contributed by atoms with Crippen LogP contribution in [0.1, 0.15) is 75.5 Å². The third kappa shape index (κ3) is 5.42. The van der Waals surface area contributed by atoms with E-state index in [-0.39, 0.29) is 23.4 Å². The molecule has 5 unspecified atom stereocenters. The molecule has 0 saturated heterocycles. The molecule has 39 heavy (non-hydrogen) atoms. The van der Waals surface area contributed by atoms with Crippen LogP contribution in [0.4, 0.5) is 0 Å². The Morgan fingerprint density at radius 2 is 1.92 bits per heavy atom. The van der Waals surface area contributed by atoms with Gasteiger partial charge >= 0.3 is 0 Å². The van der Waals surface area contributed by atoms with Gasteiger partial charge < -0.3 is 10.4 Å². The smallest absolute Gasteiger partial charge is 0.213 e. The van der Waals surface area contributed by atoms with Gasteiger partial charge in [0.05, 0.1) is 14.0 Å². The Bertz CT molecular complexity index is 1270. The molecule has 5 atom stereocenters. The average molecular weight is 542 g/mol. The Morgan fingerprint density at radius 1 is 1.21 bits per heavy atom. The molecule has 1 aromatic carbocycles. The largest absolute Gasteiger partial charge is 0.495 e. The van der Waals surface area contributed by atoms with E-state index in [2.05, 4.69) is 111 Å². The first-order valence-corrected chi connectivity index (χ1v) is 18.7. The SMILES string of the molecule is C=CC1C(CCC2(C)C=CC(C)C2NC(=C)O)c2ccccc2-c2cc(CC3CCCC3)c([Si](C)(C)C)c[n+]21. The minimum absolute atomic E-state index is 0.0503. The molecular weight excluding hydrogens is 492 g/mol. The van der Waals surface area contributed by atoms with E-state index in [1.807, 2.05) is 0 Å². The molecule has 2 heterocycles. The summed E-state index contributed by atoms with van der Waals surface area (Å²) in [6.45, 7) is 20.2. The number of nitrogens with zero attached hydrogens (tertiary/aromatic N) is 1. The minimum atomic E-state index is -1.55. The van der Waals surface area contributed by atoms with Crippen LogP contribution in [-0.4, -0.2) is 19.2 Å². The van der Waals surface area contributed by atoms with Crippen LogP contribution in [0.2, 0.25) is 19.6 Å². The number of rotatable bonds is 9. The number of aliphatic hydroxyl groups is 1. The second-order valence-electron chi connectivity index (χ2n) is 13.9. The van der Waals surface area contributed by atoms with Crippen LogP contribution in [0.15, 0.2) is 73.8 Å². The fourth-order valence-electron chi connectivity index (χ4n) is 7.85.